The van der Waals surface area contributed by atoms with Crippen molar-refractivity contribution >= 4 is 20.9 Å². The number of hydrogen-bond donors (Lipinski definition) is 1. The zero-order valence-electron chi connectivity index (χ0n) is 12.7. The van der Waals surface area contributed by atoms with E-state index in [2.05, 4.69) is 13.8 Å². The van der Waals surface area contributed by atoms with Gasteiger partial charge in [0.1, 0.15) is 0 Å². The molecule has 4 heteroatoms. The van der Waals surface area contributed by atoms with Crippen LogP contribution in [-0.2, 0) is 10.1 Å². The lowest BCUT2D eigenvalue weighted by Gasteiger charge is -2.11. The third kappa shape index (κ3) is 3.58. The van der Waals surface area contributed by atoms with Crippen LogP contribution in [0.25, 0.3) is 10.8 Å². The van der Waals surface area contributed by atoms with E-state index in [9.17, 15) is 13.0 Å². The first-order valence-electron chi connectivity index (χ1n) is 6.70. The molecule has 1 N–H and O–H groups in total. The van der Waals surface area contributed by atoms with Crippen LogP contribution in [0, 0.1) is 20.8 Å². The summed E-state index contributed by atoms with van der Waals surface area (Å²) >= 11 is 0. The van der Waals surface area contributed by atoms with E-state index in [0.29, 0.717) is 5.56 Å². The monoisotopic (exact) mass is 294 g/mol. The van der Waals surface area contributed by atoms with Gasteiger partial charge in [0.25, 0.3) is 10.1 Å². The first-order chi connectivity index (χ1) is 9.22. The van der Waals surface area contributed by atoms with E-state index in [-0.39, 0.29) is 4.90 Å². The van der Waals surface area contributed by atoms with Gasteiger partial charge in [0.2, 0.25) is 0 Å². The summed E-state index contributed by atoms with van der Waals surface area (Å²) in [7, 11) is -4.16. The van der Waals surface area contributed by atoms with Crippen LogP contribution in [0.15, 0.2) is 29.2 Å². The molecule has 0 aliphatic carbocycles. The average molecular weight is 294 g/mol. The molecule has 0 bridgehead atoms. The molecule has 0 aliphatic rings. The average Bonchev–Trinajstić information content (AvgIpc) is 2.34. The van der Waals surface area contributed by atoms with Crippen molar-refractivity contribution in [3.05, 3.63) is 41.0 Å². The Hall–Kier alpha value is -1.39. The number of benzene rings is 2. The molecular weight excluding hydrogens is 272 g/mol. The summed E-state index contributed by atoms with van der Waals surface area (Å²) in [5.41, 5.74) is 2.61. The van der Waals surface area contributed by atoms with Crippen molar-refractivity contribution < 1.29 is 13.0 Å². The number of aryl methyl sites for hydroxylation is 2. The van der Waals surface area contributed by atoms with Crippen molar-refractivity contribution in [2.45, 2.75) is 45.9 Å². The van der Waals surface area contributed by atoms with Crippen molar-refractivity contribution in [2.24, 2.45) is 0 Å². The predicted octanol–water partition coefficient (Wildman–Crippen LogP) is 4.43. The topological polar surface area (TPSA) is 54.4 Å². The second-order valence-corrected chi connectivity index (χ2v) is 6.42. The zero-order chi connectivity index (χ0) is 15.5. The predicted molar refractivity (Wildman–Crippen MR) is 83.9 cm³/mol. The summed E-state index contributed by atoms with van der Waals surface area (Å²) in [6.45, 7) is 9.82. The van der Waals surface area contributed by atoms with Crippen LogP contribution in [-0.4, -0.2) is 13.0 Å². The molecule has 0 fully saturated rings. The summed E-state index contributed by atoms with van der Waals surface area (Å²) in [5, 5.41) is 1.85. The largest absolute Gasteiger partial charge is 0.294 e. The van der Waals surface area contributed by atoms with E-state index in [1.165, 1.54) is 12.5 Å². The lowest BCUT2D eigenvalue weighted by molar-refractivity contribution is 0.482. The van der Waals surface area contributed by atoms with Gasteiger partial charge in [-0.1, -0.05) is 44.0 Å². The molecule has 0 aliphatic heterocycles. The Morgan fingerprint density at radius 2 is 1.55 bits per heavy atom. The first-order valence-corrected chi connectivity index (χ1v) is 8.14. The fourth-order valence-electron chi connectivity index (χ4n) is 2.02. The van der Waals surface area contributed by atoms with Gasteiger partial charge in [0.05, 0.1) is 4.90 Å². The molecule has 0 saturated carbocycles. The van der Waals surface area contributed by atoms with Crippen LogP contribution in [0.4, 0.5) is 0 Å². The van der Waals surface area contributed by atoms with Crippen LogP contribution in [0.1, 0.15) is 37.0 Å². The maximum atomic E-state index is 11.3. The molecule has 0 heterocycles. The molecule has 2 rings (SSSR count). The van der Waals surface area contributed by atoms with E-state index in [1.807, 2.05) is 32.0 Å². The maximum absolute atomic E-state index is 11.3. The Kier molecular flexibility index (Phi) is 5.31. The molecule has 0 amide bonds. The van der Waals surface area contributed by atoms with Gasteiger partial charge in [-0.05, 0) is 48.7 Å². The minimum Gasteiger partial charge on any atom is -0.282 e. The van der Waals surface area contributed by atoms with Crippen LogP contribution < -0.4 is 0 Å². The van der Waals surface area contributed by atoms with E-state index in [1.54, 1.807) is 6.92 Å². The maximum Gasteiger partial charge on any atom is 0.294 e. The lowest BCUT2D eigenvalue weighted by Crippen LogP contribution is -2.02. The SMILES string of the molecule is CCC.Cc1ccc2cc(S(=O)(=O)O)c(C)c(C)c2c1. The molecule has 0 spiro atoms. The van der Waals surface area contributed by atoms with E-state index in [0.717, 1.165) is 21.9 Å². The highest BCUT2D eigenvalue weighted by Gasteiger charge is 2.16. The molecule has 0 atom stereocenters. The van der Waals surface area contributed by atoms with E-state index < -0.39 is 10.1 Å². The quantitative estimate of drug-likeness (QED) is 0.792. The zero-order valence-corrected chi connectivity index (χ0v) is 13.5. The lowest BCUT2D eigenvalue weighted by atomic mass is 9.99. The molecule has 110 valence electrons. The summed E-state index contributed by atoms with van der Waals surface area (Å²) in [4.78, 5) is -0.00801. The van der Waals surface area contributed by atoms with Crippen LogP contribution in [0.3, 0.4) is 0 Å². The van der Waals surface area contributed by atoms with Crippen LogP contribution in [0.5, 0.6) is 0 Å². The second kappa shape index (κ2) is 6.37. The number of rotatable bonds is 1. The van der Waals surface area contributed by atoms with Gasteiger partial charge >= 0.3 is 0 Å². The van der Waals surface area contributed by atoms with Gasteiger partial charge < -0.3 is 0 Å². The minimum atomic E-state index is -4.16. The van der Waals surface area contributed by atoms with Gasteiger partial charge in [-0.2, -0.15) is 8.42 Å². The second-order valence-electron chi connectivity index (χ2n) is 5.03. The molecule has 2 aromatic rings. The van der Waals surface area contributed by atoms with Crippen molar-refractivity contribution in [1.82, 2.24) is 0 Å². The van der Waals surface area contributed by atoms with Crippen molar-refractivity contribution in [3.8, 4) is 0 Å². The normalized spacial score (nSPS) is 11.1. The fraction of sp³-hybridized carbons (Fsp3) is 0.375. The standard InChI is InChI=1S/C13H14O3S.C3H8/c1-8-4-5-11-7-13(17(14,15)16)10(3)9(2)12(11)6-8;1-3-2/h4-7H,1-3H3,(H,14,15,16);3H2,1-2H3. The van der Waals surface area contributed by atoms with Gasteiger partial charge in [0, 0.05) is 0 Å². The van der Waals surface area contributed by atoms with Crippen molar-refractivity contribution in [2.75, 3.05) is 0 Å². The Morgan fingerprint density at radius 3 is 2.05 bits per heavy atom. The van der Waals surface area contributed by atoms with Crippen molar-refractivity contribution in [1.29, 1.82) is 0 Å². The fourth-order valence-corrected chi connectivity index (χ4v) is 2.84. The van der Waals surface area contributed by atoms with Crippen LogP contribution >= 0.6 is 0 Å². The Balaban J connectivity index is 0.000000612. The molecule has 0 saturated heterocycles. The van der Waals surface area contributed by atoms with Gasteiger partial charge in [-0.15, -0.1) is 0 Å². The van der Waals surface area contributed by atoms with Gasteiger partial charge in [-0.25, -0.2) is 0 Å². The summed E-state index contributed by atoms with van der Waals surface area (Å²) in [6.07, 6.45) is 1.25. The van der Waals surface area contributed by atoms with Gasteiger partial charge in [0.15, 0.2) is 0 Å². The molecule has 20 heavy (non-hydrogen) atoms. The Bertz CT molecular complexity index is 716. The Labute approximate surface area is 121 Å². The molecule has 0 aromatic heterocycles. The molecule has 2 aromatic carbocycles. The highest BCUT2D eigenvalue weighted by atomic mass is 32.2. The minimum absolute atomic E-state index is 0.00801. The smallest absolute Gasteiger partial charge is 0.282 e. The summed E-state index contributed by atoms with van der Waals surface area (Å²) in [6, 6.07) is 7.33. The highest BCUT2D eigenvalue weighted by Crippen LogP contribution is 2.28. The third-order valence-electron chi connectivity index (χ3n) is 3.11. The summed E-state index contributed by atoms with van der Waals surface area (Å²) in [5.74, 6) is 0. The number of hydrogen-bond acceptors (Lipinski definition) is 2. The number of fused-ring (bicyclic) bond motifs is 1. The summed E-state index contributed by atoms with van der Waals surface area (Å²) < 4.78 is 31.7. The highest BCUT2D eigenvalue weighted by molar-refractivity contribution is 7.85. The third-order valence-corrected chi connectivity index (χ3v) is 4.09. The van der Waals surface area contributed by atoms with Gasteiger partial charge in [-0.3, -0.25) is 4.55 Å². The van der Waals surface area contributed by atoms with E-state index in [4.69, 9.17) is 0 Å². The van der Waals surface area contributed by atoms with Crippen LogP contribution in [0.2, 0.25) is 0 Å². The van der Waals surface area contributed by atoms with E-state index >= 15 is 0 Å². The van der Waals surface area contributed by atoms with Crippen molar-refractivity contribution in [3.63, 3.8) is 0 Å². The molecule has 0 radical (unpaired) electrons. The first kappa shape index (κ1) is 16.7. The molecule has 0 unspecified atom stereocenters. The Morgan fingerprint density at radius 1 is 1.00 bits per heavy atom. The molecular formula is C16H22O3S. The molecule has 3 nitrogen and oxygen atoms in total.